The number of rotatable bonds is 2. The highest BCUT2D eigenvalue weighted by Crippen LogP contribution is 2.20. The molecule has 0 fully saturated rings. The van der Waals surface area contributed by atoms with E-state index in [4.69, 9.17) is 4.74 Å². The van der Waals surface area contributed by atoms with Crippen molar-refractivity contribution < 1.29 is 18.3 Å². The Morgan fingerprint density at radius 2 is 1.71 bits per heavy atom. The van der Waals surface area contributed by atoms with Crippen LogP contribution in [0.4, 0.5) is 8.78 Å². The number of hydrogen-bond acceptors (Lipinski definition) is 3. The lowest BCUT2D eigenvalue weighted by Gasteiger charge is -2.19. The van der Waals surface area contributed by atoms with Crippen LogP contribution in [0.25, 0.3) is 11.3 Å². The first kappa shape index (κ1) is 15.1. The lowest BCUT2D eigenvalue weighted by atomic mass is 10.1. The van der Waals surface area contributed by atoms with Gasteiger partial charge in [0.05, 0.1) is 11.3 Å². The van der Waals surface area contributed by atoms with Crippen molar-refractivity contribution in [2.45, 2.75) is 26.4 Å². The predicted molar refractivity (Wildman–Crippen MR) is 74.8 cm³/mol. The summed E-state index contributed by atoms with van der Waals surface area (Å²) in [5.74, 6) is -1.85. The van der Waals surface area contributed by atoms with E-state index >= 15 is 0 Å². The number of aromatic nitrogens is 1. The van der Waals surface area contributed by atoms with Gasteiger partial charge in [0, 0.05) is 17.8 Å². The van der Waals surface area contributed by atoms with E-state index in [1.165, 1.54) is 30.5 Å². The van der Waals surface area contributed by atoms with E-state index in [1.807, 2.05) is 0 Å². The molecule has 0 aliphatic carbocycles. The normalized spacial score (nSPS) is 11.3. The summed E-state index contributed by atoms with van der Waals surface area (Å²) in [6.07, 6.45) is 1.33. The number of nitrogens with zero attached hydrogens (tertiary/aromatic N) is 1. The standard InChI is InChI=1S/C16H15F2NO2/c1-16(2,3)21-15(20)10-4-5-14(19-9-10)11-6-12(17)8-13(18)7-11/h4-9H,1-3H3. The summed E-state index contributed by atoms with van der Waals surface area (Å²) < 4.78 is 31.5. The van der Waals surface area contributed by atoms with Crippen LogP contribution in [0.3, 0.4) is 0 Å². The third-order valence-corrected chi connectivity index (χ3v) is 2.56. The van der Waals surface area contributed by atoms with Crippen molar-refractivity contribution in [1.29, 1.82) is 0 Å². The molecule has 0 aliphatic rings. The topological polar surface area (TPSA) is 39.2 Å². The van der Waals surface area contributed by atoms with Crippen molar-refractivity contribution in [1.82, 2.24) is 4.98 Å². The molecule has 2 rings (SSSR count). The summed E-state index contributed by atoms with van der Waals surface area (Å²) in [4.78, 5) is 15.9. The van der Waals surface area contributed by atoms with Crippen LogP contribution in [0.1, 0.15) is 31.1 Å². The van der Waals surface area contributed by atoms with E-state index in [0.717, 1.165) is 6.07 Å². The summed E-state index contributed by atoms with van der Waals surface area (Å²) in [5.41, 5.74) is 0.371. The fourth-order valence-electron chi connectivity index (χ4n) is 1.72. The zero-order chi connectivity index (χ0) is 15.6. The Labute approximate surface area is 121 Å². The first-order valence-corrected chi connectivity index (χ1v) is 6.40. The van der Waals surface area contributed by atoms with Crippen LogP contribution in [0.2, 0.25) is 0 Å². The molecule has 21 heavy (non-hydrogen) atoms. The minimum absolute atomic E-state index is 0.283. The Morgan fingerprint density at radius 1 is 1.10 bits per heavy atom. The van der Waals surface area contributed by atoms with Gasteiger partial charge in [-0.3, -0.25) is 4.98 Å². The van der Waals surface area contributed by atoms with Crippen molar-refractivity contribution in [3.05, 3.63) is 53.7 Å². The molecular formula is C16H15F2NO2. The number of carbonyl (C=O) groups is 1. The van der Waals surface area contributed by atoms with Gasteiger partial charge in [-0.25, -0.2) is 13.6 Å². The van der Waals surface area contributed by atoms with Gasteiger partial charge in [0.1, 0.15) is 17.2 Å². The number of halogens is 2. The highest BCUT2D eigenvalue weighted by atomic mass is 19.1. The maximum Gasteiger partial charge on any atom is 0.340 e. The molecular weight excluding hydrogens is 276 g/mol. The molecule has 0 saturated heterocycles. The summed E-state index contributed by atoms with van der Waals surface area (Å²) in [6.45, 7) is 5.30. The summed E-state index contributed by atoms with van der Waals surface area (Å²) >= 11 is 0. The van der Waals surface area contributed by atoms with Gasteiger partial charge >= 0.3 is 5.97 Å². The van der Waals surface area contributed by atoms with Crippen molar-refractivity contribution in [2.75, 3.05) is 0 Å². The third-order valence-electron chi connectivity index (χ3n) is 2.56. The van der Waals surface area contributed by atoms with Gasteiger partial charge in [0.25, 0.3) is 0 Å². The fraction of sp³-hybridized carbons (Fsp3) is 0.250. The van der Waals surface area contributed by atoms with E-state index in [1.54, 1.807) is 20.8 Å². The first-order valence-electron chi connectivity index (χ1n) is 6.40. The molecule has 2 aromatic rings. The number of ether oxygens (including phenoxy) is 1. The Kier molecular flexibility index (Phi) is 4.02. The molecule has 0 atom stereocenters. The highest BCUT2D eigenvalue weighted by Gasteiger charge is 2.18. The summed E-state index contributed by atoms with van der Waals surface area (Å²) in [7, 11) is 0. The lowest BCUT2D eigenvalue weighted by Crippen LogP contribution is -2.23. The maximum atomic E-state index is 13.2. The van der Waals surface area contributed by atoms with E-state index < -0.39 is 23.2 Å². The summed E-state index contributed by atoms with van der Waals surface area (Å²) in [5, 5.41) is 0. The molecule has 0 unspecified atom stereocenters. The molecule has 1 aromatic heterocycles. The predicted octanol–water partition coefficient (Wildman–Crippen LogP) is 3.98. The van der Waals surface area contributed by atoms with Crippen LogP contribution >= 0.6 is 0 Å². The van der Waals surface area contributed by atoms with Gasteiger partial charge in [-0.15, -0.1) is 0 Å². The Hall–Kier alpha value is -2.30. The molecule has 0 spiro atoms. The van der Waals surface area contributed by atoms with Crippen molar-refractivity contribution >= 4 is 5.97 Å². The Bertz CT molecular complexity index is 641. The second kappa shape index (κ2) is 5.60. The van der Waals surface area contributed by atoms with Gasteiger partial charge < -0.3 is 4.74 Å². The van der Waals surface area contributed by atoms with E-state index in [-0.39, 0.29) is 5.56 Å². The zero-order valence-electron chi connectivity index (χ0n) is 12.0. The molecule has 0 radical (unpaired) electrons. The second-order valence-electron chi connectivity index (χ2n) is 5.59. The maximum absolute atomic E-state index is 13.2. The van der Waals surface area contributed by atoms with Crippen LogP contribution in [-0.4, -0.2) is 16.6 Å². The van der Waals surface area contributed by atoms with Crippen LogP contribution in [0, 0.1) is 11.6 Å². The Balaban J connectivity index is 2.24. The molecule has 0 saturated carbocycles. The molecule has 110 valence electrons. The smallest absolute Gasteiger partial charge is 0.340 e. The molecule has 3 nitrogen and oxygen atoms in total. The third kappa shape index (κ3) is 4.08. The average molecular weight is 291 g/mol. The number of esters is 1. The van der Waals surface area contributed by atoms with Gasteiger partial charge in [0.15, 0.2) is 0 Å². The van der Waals surface area contributed by atoms with Crippen molar-refractivity contribution in [3.8, 4) is 11.3 Å². The first-order chi connectivity index (χ1) is 9.74. The Morgan fingerprint density at radius 3 is 2.19 bits per heavy atom. The van der Waals surface area contributed by atoms with Gasteiger partial charge in [-0.1, -0.05) is 0 Å². The molecule has 0 bridgehead atoms. The molecule has 1 heterocycles. The number of benzene rings is 1. The van der Waals surface area contributed by atoms with Crippen LogP contribution in [0.15, 0.2) is 36.5 Å². The minimum Gasteiger partial charge on any atom is -0.456 e. The molecule has 1 aromatic carbocycles. The fourth-order valence-corrected chi connectivity index (χ4v) is 1.72. The summed E-state index contributed by atoms with van der Waals surface area (Å²) in [6, 6.07) is 6.18. The van der Waals surface area contributed by atoms with Gasteiger partial charge in [-0.05, 0) is 45.0 Å². The van der Waals surface area contributed by atoms with Gasteiger partial charge in [0.2, 0.25) is 0 Å². The highest BCUT2D eigenvalue weighted by molar-refractivity contribution is 5.89. The zero-order valence-corrected chi connectivity index (χ0v) is 12.0. The monoisotopic (exact) mass is 291 g/mol. The largest absolute Gasteiger partial charge is 0.456 e. The van der Waals surface area contributed by atoms with Crippen LogP contribution in [-0.2, 0) is 4.74 Å². The quantitative estimate of drug-likeness (QED) is 0.786. The number of carbonyl (C=O) groups excluding carboxylic acids is 1. The van der Waals surface area contributed by atoms with E-state index in [2.05, 4.69) is 4.98 Å². The molecule has 5 heteroatoms. The minimum atomic E-state index is -0.678. The van der Waals surface area contributed by atoms with E-state index in [0.29, 0.717) is 11.3 Å². The SMILES string of the molecule is CC(C)(C)OC(=O)c1ccc(-c2cc(F)cc(F)c2)nc1. The van der Waals surface area contributed by atoms with Gasteiger partial charge in [-0.2, -0.15) is 0 Å². The molecule has 0 amide bonds. The van der Waals surface area contributed by atoms with Crippen molar-refractivity contribution in [2.24, 2.45) is 0 Å². The second-order valence-corrected chi connectivity index (χ2v) is 5.59. The van der Waals surface area contributed by atoms with Crippen LogP contribution < -0.4 is 0 Å². The van der Waals surface area contributed by atoms with Crippen LogP contribution in [0.5, 0.6) is 0 Å². The molecule has 0 N–H and O–H groups in total. The van der Waals surface area contributed by atoms with E-state index in [9.17, 15) is 13.6 Å². The molecule has 0 aliphatic heterocycles. The number of hydrogen-bond donors (Lipinski definition) is 0. The van der Waals surface area contributed by atoms with Crippen molar-refractivity contribution in [3.63, 3.8) is 0 Å². The number of pyridine rings is 1. The average Bonchev–Trinajstić information content (AvgIpc) is 2.35. The lowest BCUT2D eigenvalue weighted by molar-refractivity contribution is 0.00691.